The van der Waals surface area contributed by atoms with Crippen LogP contribution in [0.15, 0.2) is 30.3 Å². The minimum absolute atomic E-state index is 0.0719. The van der Waals surface area contributed by atoms with E-state index in [0.717, 1.165) is 22.3 Å². The molecule has 1 aromatic carbocycles. The highest BCUT2D eigenvalue weighted by Gasteiger charge is 2.31. The molecule has 1 aliphatic rings. The van der Waals surface area contributed by atoms with Crippen LogP contribution >= 0.6 is 0 Å². The van der Waals surface area contributed by atoms with Crippen molar-refractivity contribution in [2.45, 2.75) is 19.9 Å². The Morgan fingerprint density at radius 2 is 2.11 bits per heavy atom. The number of aromatic nitrogens is 3. The molecule has 2 aromatic heterocycles. The van der Waals surface area contributed by atoms with E-state index in [1.54, 1.807) is 10.7 Å². The summed E-state index contributed by atoms with van der Waals surface area (Å²) in [4.78, 5) is 19.9. The second-order valence-corrected chi connectivity index (χ2v) is 6.99. The van der Waals surface area contributed by atoms with E-state index in [-0.39, 0.29) is 17.8 Å². The number of hydrogen-bond donors (Lipinski definition) is 1. The summed E-state index contributed by atoms with van der Waals surface area (Å²) in [5, 5.41) is 8.52. The molecule has 0 saturated carbocycles. The van der Waals surface area contributed by atoms with Crippen molar-refractivity contribution < 1.29 is 9.18 Å². The first-order chi connectivity index (χ1) is 13.0. The Morgan fingerprint density at radius 3 is 2.89 bits per heavy atom. The fraction of sp³-hybridized carbons (Fsp3) is 0.350. The summed E-state index contributed by atoms with van der Waals surface area (Å²) in [7, 11) is 1.83. The summed E-state index contributed by atoms with van der Waals surface area (Å²) in [5.74, 6) is -0.368. The molecule has 0 spiro atoms. The van der Waals surface area contributed by atoms with E-state index in [4.69, 9.17) is 0 Å². The fourth-order valence-electron chi connectivity index (χ4n) is 3.85. The number of halogens is 1. The van der Waals surface area contributed by atoms with Gasteiger partial charge in [0.25, 0.3) is 5.91 Å². The molecule has 4 rings (SSSR count). The molecule has 1 atom stereocenters. The number of pyridine rings is 1. The molecule has 0 radical (unpaired) electrons. The normalized spacial score (nSPS) is 17.5. The number of nitrogens with zero attached hydrogens (tertiary/aromatic N) is 4. The summed E-state index contributed by atoms with van der Waals surface area (Å²) < 4.78 is 15.5. The molecule has 1 unspecified atom stereocenters. The fourth-order valence-corrected chi connectivity index (χ4v) is 3.85. The Bertz CT molecular complexity index is 1030. The number of carbonyl (C=O) groups is 1. The number of aryl methyl sites for hydroxylation is 3. The molecule has 3 heterocycles. The largest absolute Gasteiger partial charge is 0.329 e. The highest BCUT2D eigenvalue weighted by Crippen LogP contribution is 2.28. The van der Waals surface area contributed by atoms with E-state index in [1.807, 2.05) is 37.9 Å². The summed E-state index contributed by atoms with van der Waals surface area (Å²) in [6.07, 6.45) is 0. The van der Waals surface area contributed by atoms with Crippen LogP contribution in [-0.2, 0) is 7.05 Å². The third-order valence-electron chi connectivity index (χ3n) is 5.06. The van der Waals surface area contributed by atoms with E-state index in [9.17, 15) is 9.18 Å². The van der Waals surface area contributed by atoms with Gasteiger partial charge >= 0.3 is 0 Å². The lowest BCUT2D eigenvalue weighted by Gasteiger charge is -2.36. The van der Waals surface area contributed by atoms with Gasteiger partial charge < -0.3 is 10.2 Å². The molecule has 0 aliphatic carbocycles. The van der Waals surface area contributed by atoms with Crippen LogP contribution in [0.25, 0.3) is 11.0 Å². The van der Waals surface area contributed by atoms with Crippen LogP contribution in [0.2, 0.25) is 0 Å². The third-order valence-corrected chi connectivity index (χ3v) is 5.06. The summed E-state index contributed by atoms with van der Waals surface area (Å²) in [6.45, 7) is 5.62. The molecule has 1 fully saturated rings. The Hall–Kier alpha value is -2.80. The van der Waals surface area contributed by atoms with Crippen molar-refractivity contribution in [3.63, 3.8) is 0 Å². The summed E-state index contributed by atoms with van der Waals surface area (Å²) in [6, 6.07) is 8.07. The molecule has 0 bridgehead atoms. The first-order valence-electron chi connectivity index (χ1n) is 9.04. The lowest BCUT2D eigenvalue weighted by Crippen LogP contribution is -2.48. The molecule has 1 saturated heterocycles. The van der Waals surface area contributed by atoms with E-state index >= 15 is 0 Å². The number of fused-ring (bicyclic) bond motifs is 1. The predicted molar refractivity (Wildman–Crippen MR) is 101 cm³/mol. The minimum Gasteiger partial charge on any atom is -0.329 e. The van der Waals surface area contributed by atoms with Crippen LogP contribution in [-0.4, -0.2) is 45.2 Å². The van der Waals surface area contributed by atoms with E-state index in [2.05, 4.69) is 15.4 Å². The van der Waals surface area contributed by atoms with Gasteiger partial charge in [-0.3, -0.25) is 9.48 Å². The molecule has 3 aromatic rings. The molecule has 27 heavy (non-hydrogen) atoms. The van der Waals surface area contributed by atoms with Crippen LogP contribution in [0.5, 0.6) is 0 Å². The maximum absolute atomic E-state index is 13.7. The van der Waals surface area contributed by atoms with Gasteiger partial charge in [-0.2, -0.15) is 5.10 Å². The zero-order valence-corrected chi connectivity index (χ0v) is 15.7. The van der Waals surface area contributed by atoms with Gasteiger partial charge in [0.05, 0.1) is 22.7 Å². The zero-order chi connectivity index (χ0) is 19.1. The smallest absolute Gasteiger partial charge is 0.255 e. The van der Waals surface area contributed by atoms with Gasteiger partial charge in [0, 0.05) is 32.4 Å². The number of piperazine rings is 1. The number of hydrogen-bond acceptors (Lipinski definition) is 4. The van der Waals surface area contributed by atoms with Gasteiger partial charge in [0.2, 0.25) is 0 Å². The predicted octanol–water partition coefficient (Wildman–Crippen LogP) is 2.51. The standard InChI is InChI=1S/C20H22FN5O/c1-12-9-16(18-13(2)24-25(3)19(18)23-12)20(27)26-8-7-22-11-17(26)14-5-4-6-15(21)10-14/h4-6,9-10,17,22H,7-8,11H2,1-3H3. The maximum atomic E-state index is 13.7. The molecule has 6 nitrogen and oxygen atoms in total. The lowest BCUT2D eigenvalue weighted by molar-refractivity contribution is 0.0635. The first-order valence-corrected chi connectivity index (χ1v) is 9.04. The molecular formula is C20H22FN5O. The lowest BCUT2D eigenvalue weighted by atomic mass is 10.0. The molecule has 1 aliphatic heterocycles. The van der Waals surface area contributed by atoms with Crippen molar-refractivity contribution in [3.8, 4) is 0 Å². The van der Waals surface area contributed by atoms with Crippen LogP contribution in [0.4, 0.5) is 4.39 Å². The van der Waals surface area contributed by atoms with Gasteiger partial charge in [-0.15, -0.1) is 0 Å². The van der Waals surface area contributed by atoms with Gasteiger partial charge in [0.15, 0.2) is 5.65 Å². The first kappa shape index (κ1) is 17.6. The second-order valence-electron chi connectivity index (χ2n) is 6.99. The SMILES string of the molecule is Cc1cc(C(=O)N2CCNCC2c2cccc(F)c2)c2c(C)nn(C)c2n1. The molecule has 1 amide bonds. The topological polar surface area (TPSA) is 63.1 Å². The quantitative estimate of drug-likeness (QED) is 0.756. The zero-order valence-electron chi connectivity index (χ0n) is 15.7. The Balaban J connectivity index is 1.80. The van der Waals surface area contributed by atoms with Crippen molar-refractivity contribution in [2.75, 3.05) is 19.6 Å². The van der Waals surface area contributed by atoms with E-state index in [1.165, 1.54) is 12.1 Å². The number of carbonyl (C=O) groups excluding carboxylic acids is 1. The Kier molecular flexibility index (Phi) is 4.39. The number of benzene rings is 1. The van der Waals surface area contributed by atoms with Gasteiger partial charge in [-0.05, 0) is 37.6 Å². The summed E-state index contributed by atoms with van der Waals surface area (Å²) in [5.41, 5.74) is 3.65. The average molecular weight is 367 g/mol. The van der Waals surface area contributed by atoms with E-state index < -0.39 is 0 Å². The monoisotopic (exact) mass is 367 g/mol. The van der Waals surface area contributed by atoms with Crippen molar-refractivity contribution in [2.24, 2.45) is 7.05 Å². The number of rotatable bonds is 2. The highest BCUT2D eigenvalue weighted by molar-refractivity contribution is 6.06. The van der Waals surface area contributed by atoms with Crippen LogP contribution in [0.3, 0.4) is 0 Å². The maximum Gasteiger partial charge on any atom is 0.255 e. The Morgan fingerprint density at radius 1 is 1.30 bits per heavy atom. The van der Waals surface area contributed by atoms with Crippen molar-refractivity contribution in [1.82, 2.24) is 25.0 Å². The molecule has 140 valence electrons. The second kappa shape index (κ2) is 6.74. The van der Waals surface area contributed by atoms with Crippen molar-refractivity contribution in [3.05, 3.63) is 58.7 Å². The Labute approximate surface area is 157 Å². The third kappa shape index (κ3) is 3.08. The minimum atomic E-state index is -0.296. The van der Waals surface area contributed by atoms with Crippen molar-refractivity contribution >= 4 is 16.9 Å². The number of nitrogens with one attached hydrogen (secondary N) is 1. The molecule has 1 N–H and O–H groups in total. The molecular weight excluding hydrogens is 345 g/mol. The van der Waals surface area contributed by atoms with E-state index in [0.29, 0.717) is 30.8 Å². The van der Waals surface area contributed by atoms with Gasteiger partial charge in [-0.25, -0.2) is 9.37 Å². The average Bonchev–Trinajstić information content (AvgIpc) is 2.94. The van der Waals surface area contributed by atoms with Crippen LogP contribution in [0.1, 0.15) is 33.4 Å². The van der Waals surface area contributed by atoms with Crippen LogP contribution < -0.4 is 5.32 Å². The van der Waals surface area contributed by atoms with Gasteiger partial charge in [-0.1, -0.05) is 12.1 Å². The summed E-state index contributed by atoms with van der Waals surface area (Å²) >= 11 is 0. The van der Waals surface area contributed by atoms with Gasteiger partial charge in [0.1, 0.15) is 5.82 Å². The highest BCUT2D eigenvalue weighted by atomic mass is 19.1. The molecule has 7 heteroatoms. The van der Waals surface area contributed by atoms with Crippen LogP contribution in [0, 0.1) is 19.7 Å². The number of amides is 1. The van der Waals surface area contributed by atoms with Crippen molar-refractivity contribution in [1.29, 1.82) is 0 Å².